The van der Waals surface area contributed by atoms with Crippen LogP contribution < -0.4 is 5.32 Å². The molecule has 0 aromatic carbocycles. The van der Waals surface area contributed by atoms with Gasteiger partial charge in [-0.3, -0.25) is 4.79 Å². The van der Waals surface area contributed by atoms with Gasteiger partial charge >= 0.3 is 5.97 Å². The van der Waals surface area contributed by atoms with Gasteiger partial charge in [0, 0.05) is 12.0 Å². The van der Waals surface area contributed by atoms with Crippen LogP contribution in [0, 0.1) is 19.8 Å². The van der Waals surface area contributed by atoms with Gasteiger partial charge in [-0.15, -0.1) is 0 Å². The Labute approximate surface area is 124 Å². The van der Waals surface area contributed by atoms with Crippen molar-refractivity contribution in [3.63, 3.8) is 0 Å². The first-order valence-corrected chi connectivity index (χ1v) is 7.17. The summed E-state index contributed by atoms with van der Waals surface area (Å²) in [6.45, 7) is 9.40. The highest BCUT2D eigenvalue weighted by Gasteiger charge is 2.24. The van der Waals surface area contributed by atoms with Crippen LogP contribution in [0.15, 0.2) is 4.52 Å². The number of carboxylic acid groups (broad SMARTS) is 1. The maximum absolute atomic E-state index is 12.0. The molecule has 0 saturated carbocycles. The zero-order valence-electron chi connectivity index (χ0n) is 13.3. The quantitative estimate of drug-likeness (QED) is 0.806. The highest BCUT2D eigenvalue weighted by Crippen LogP contribution is 2.25. The van der Waals surface area contributed by atoms with Crippen molar-refractivity contribution >= 4 is 11.9 Å². The van der Waals surface area contributed by atoms with Crippen LogP contribution in [-0.2, 0) is 9.59 Å². The smallest absolute Gasteiger partial charge is 0.326 e. The standard InChI is InChI=1S/C15H24N2O4/c1-8(2)6-12(15(19)20)16-13(18)7-9(3)14-10(4)17-21-11(14)5/h8-9,12H,6-7H2,1-5H3,(H,16,18)(H,19,20)/t9?,12-/m1/s1. The molecule has 0 radical (unpaired) electrons. The number of rotatable bonds is 7. The number of amides is 1. The van der Waals surface area contributed by atoms with E-state index in [-0.39, 0.29) is 24.2 Å². The number of aliphatic carboxylic acids is 1. The number of aromatic nitrogens is 1. The minimum atomic E-state index is -0.998. The van der Waals surface area contributed by atoms with E-state index in [2.05, 4.69) is 10.5 Å². The molecule has 1 rings (SSSR count). The Balaban J connectivity index is 2.66. The normalized spacial score (nSPS) is 14.0. The molecule has 0 aliphatic rings. The van der Waals surface area contributed by atoms with Crippen molar-refractivity contribution < 1.29 is 19.2 Å². The van der Waals surface area contributed by atoms with E-state index >= 15 is 0 Å². The predicted octanol–water partition coefficient (Wildman–Crippen LogP) is 2.40. The minimum Gasteiger partial charge on any atom is -0.480 e. The molecule has 0 spiro atoms. The summed E-state index contributed by atoms with van der Waals surface area (Å²) in [6, 6.07) is -0.839. The van der Waals surface area contributed by atoms with Crippen molar-refractivity contribution in [1.29, 1.82) is 0 Å². The van der Waals surface area contributed by atoms with Crippen molar-refractivity contribution in [3.8, 4) is 0 Å². The van der Waals surface area contributed by atoms with Gasteiger partial charge < -0.3 is 14.9 Å². The second-order valence-electron chi connectivity index (χ2n) is 5.93. The van der Waals surface area contributed by atoms with E-state index in [4.69, 9.17) is 9.63 Å². The van der Waals surface area contributed by atoms with E-state index in [9.17, 15) is 9.59 Å². The van der Waals surface area contributed by atoms with Crippen LogP contribution >= 0.6 is 0 Å². The number of carbonyl (C=O) groups excluding carboxylic acids is 1. The number of aryl methyl sites for hydroxylation is 2. The first-order valence-electron chi connectivity index (χ1n) is 7.17. The first-order chi connectivity index (χ1) is 9.72. The second-order valence-corrected chi connectivity index (χ2v) is 5.93. The molecule has 0 bridgehead atoms. The summed E-state index contributed by atoms with van der Waals surface area (Å²) in [5.74, 6) is -0.432. The fourth-order valence-corrected chi connectivity index (χ4v) is 2.52. The number of hydrogen-bond donors (Lipinski definition) is 2. The Kier molecular flexibility index (Phi) is 5.93. The van der Waals surface area contributed by atoms with Gasteiger partial charge in [0.2, 0.25) is 5.91 Å². The lowest BCUT2D eigenvalue weighted by Crippen LogP contribution is -2.42. The summed E-state index contributed by atoms with van der Waals surface area (Å²) in [5.41, 5.74) is 1.69. The fraction of sp³-hybridized carbons (Fsp3) is 0.667. The summed E-state index contributed by atoms with van der Waals surface area (Å²) in [7, 11) is 0. The molecule has 2 N–H and O–H groups in total. The Hall–Kier alpha value is -1.85. The third-order valence-electron chi connectivity index (χ3n) is 3.41. The molecule has 118 valence electrons. The average Bonchev–Trinajstić information content (AvgIpc) is 2.67. The zero-order chi connectivity index (χ0) is 16.2. The van der Waals surface area contributed by atoms with Crippen LogP contribution in [-0.4, -0.2) is 28.2 Å². The molecule has 1 aromatic heterocycles. The maximum atomic E-state index is 12.0. The topological polar surface area (TPSA) is 92.4 Å². The number of nitrogens with zero attached hydrogens (tertiary/aromatic N) is 1. The first kappa shape index (κ1) is 17.2. The average molecular weight is 296 g/mol. The molecule has 21 heavy (non-hydrogen) atoms. The predicted molar refractivity (Wildman–Crippen MR) is 78.0 cm³/mol. The van der Waals surface area contributed by atoms with Gasteiger partial charge in [-0.05, 0) is 32.1 Å². The molecule has 1 amide bonds. The van der Waals surface area contributed by atoms with E-state index in [1.807, 2.05) is 34.6 Å². The number of carboxylic acids is 1. The maximum Gasteiger partial charge on any atom is 0.326 e. The highest BCUT2D eigenvalue weighted by atomic mass is 16.5. The van der Waals surface area contributed by atoms with Crippen LogP contribution in [0.5, 0.6) is 0 Å². The summed E-state index contributed by atoms with van der Waals surface area (Å²) < 4.78 is 5.09. The van der Waals surface area contributed by atoms with Crippen LogP contribution in [0.2, 0.25) is 0 Å². The number of nitrogens with one attached hydrogen (secondary N) is 1. The van der Waals surface area contributed by atoms with Gasteiger partial charge in [-0.25, -0.2) is 4.79 Å². The van der Waals surface area contributed by atoms with Crippen LogP contribution in [0.4, 0.5) is 0 Å². The largest absolute Gasteiger partial charge is 0.480 e. The lowest BCUT2D eigenvalue weighted by Gasteiger charge is -2.18. The summed E-state index contributed by atoms with van der Waals surface area (Å²) in [5, 5.41) is 15.6. The second kappa shape index (κ2) is 7.24. The fourth-order valence-electron chi connectivity index (χ4n) is 2.52. The molecule has 1 heterocycles. The molecule has 6 heteroatoms. The molecule has 6 nitrogen and oxygen atoms in total. The Morgan fingerprint density at radius 2 is 1.90 bits per heavy atom. The van der Waals surface area contributed by atoms with E-state index in [1.165, 1.54) is 0 Å². The zero-order valence-corrected chi connectivity index (χ0v) is 13.3. The van der Waals surface area contributed by atoms with Crippen molar-refractivity contribution in [2.75, 3.05) is 0 Å². The lowest BCUT2D eigenvalue weighted by atomic mass is 9.95. The SMILES string of the molecule is Cc1noc(C)c1C(C)CC(=O)N[C@H](CC(C)C)C(=O)O. The minimum absolute atomic E-state index is 0.0651. The summed E-state index contributed by atoms with van der Waals surface area (Å²) in [6.07, 6.45) is 0.631. The Morgan fingerprint density at radius 1 is 1.29 bits per heavy atom. The van der Waals surface area contributed by atoms with Gasteiger partial charge in [-0.1, -0.05) is 25.9 Å². The van der Waals surface area contributed by atoms with E-state index < -0.39 is 12.0 Å². The summed E-state index contributed by atoms with van der Waals surface area (Å²) in [4.78, 5) is 23.2. The number of hydrogen-bond acceptors (Lipinski definition) is 4. The summed E-state index contributed by atoms with van der Waals surface area (Å²) >= 11 is 0. The van der Waals surface area contributed by atoms with Gasteiger partial charge in [0.25, 0.3) is 0 Å². The molecule has 1 aromatic rings. The third-order valence-corrected chi connectivity index (χ3v) is 3.41. The van der Waals surface area contributed by atoms with Gasteiger partial charge in [0.15, 0.2) is 0 Å². The molecule has 1 unspecified atom stereocenters. The van der Waals surface area contributed by atoms with E-state index in [0.717, 1.165) is 11.3 Å². The van der Waals surface area contributed by atoms with Gasteiger partial charge in [0.05, 0.1) is 5.69 Å². The molecular weight excluding hydrogens is 272 g/mol. The van der Waals surface area contributed by atoms with Crippen LogP contribution in [0.25, 0.3) is 0 Å². The molecule has 2 atom stereocenters. The van der Waals surface area contributed by atoms with Crippen molar-refractivity contribution in [2.45, 2.75) is 59.4 Å². The van der Waals surface area contributed by atoms with Crippen molar-refractivity contribution in [2.24, 2.45) is 5.92 Å². The Morgan fingerprint density at radius 3 is 2.33 bits per heavy atom. The van der Waals surface area contributed by atoms with Crippen molar-refractivity contribution in [1.82, 2.24) is 10.5 Å². The van der Waals surface area contributed by atoms with Gasteiger partial charge in [0.1, 0.15) is 11.8 Å². The molecule has 0 fully saturated rings. The highest BCUT2D eigenvalue weighted by molar-refractivity contribution is 5.83. The van der Waals surface area contributed by atoms with E-state index in [1.54, 1.807) is 0 Å². The third kappa shape index (κ3) is 4.88. The molecule has 0 aliphatic heterocycles. The van der Waals surface area contributed by atoms with E-state index in [0.29, 0.717) is 12.2 Å². The van der Waals surface area contributed by atoms with Crippen LogP contribution in [0.3, 0.4) is 0 Å². The monoisotopic (exact) mass is 296 g/mol. The van der Waals surface area contributed by atoms with Crippen LogP contribution in [0.1, 0.15) is 56.5 Å². The van der Waals surface area contributed by atoms with Gasteiger partial charge in [-0.2, -0.15) is 0 Å². The lowest BCUT2D eigenvalue weighted by molar-refractivity contribution is -0.142. The Bertz CT molecular complexity index is 488. The number of carbonyl (C=O) groups is 2. The molecule has 0 saturated heterocycles. The van der Waals surface area contributed by atoms with Crippen molar-refractivity contribution in [3.05, 3.63) is 17.0 Å². The molecular formula is C15H24N2O4. The molecule has 0 aliphatic carbocycles.